The van der Waals surface area contributed by atoms with Crippen molar-refractivity contribution < 1.29 is 22.8 Å². The van der Waals surface area contributed by atoms with Gasteiger partial charge in [-0.3, -0.25) is 4.79 Å². The molecular weight excluding hydrogens is 260 g/mol. The van der Waals surface area contributed by atoms with Crippen molar-refractivity contribution in [2.75, 3.05) is 11.5 Å². The first-order valence-corrected chi connectivity index (χ1v) is 7.50. The van der Waals surface area contributed by atoms with Crippen molar-refractivity contribution in [3.8, 4) is 0 Å². The predicted octanol–water partition coefficient (Wildman–Crippen LogP) is 0.0640. The van der Waals surface area contributed by atoms with Gasteiger partial charge in [-0.15, -0.1) is 0 Å². The number of carboxylic acids is 1. The van der Waals surface area contributed by atoms with Gasteiger partial charge in [-0.25, -0.2) is 8.42 Å². The average Bonchev–Trinajstić information content (AvgIpc) is 2.62. The van der Waals surface area contributed by atoms with E-state index in [1.165, 1.54) is 0 Å². The van der Waals surface area contributed by atoms with Crippen LogP contribution < -0.4 is 0 Å². The molecule has 2 heterocycles. The molecule has 0 aliphatic carbocycles. The molecule has 1 aromatic rings. The van der Waals surface area contributed by atoms with Gasteiger partial charge >= 0.3 is 5.97 Å². The highest BCUT2D eigenvalue weighted by Gasteiger charge is 2.26. The zero-order chi connectivity index (χ0) is 13.2. The second-order valence-corrected chi connectivity index (χ2v) is 6.73. The summed E-state index contributed by atoms with van der Waals surface area (Å²) >= 11 is 0. The summed E-state index contributed by atoms with van der Waals surface area (Å²) in [6.45, 7) is 0. The summed E-state index contributed by atoms with van der Waals surface area (Å²) in [6.07, 6.45) is 1.59. The minimum absolute atomic E-state index is 0.000900. The summed E-state index contributed by atoms with van der Waals surface area (Å²) in [6, 6.07) is 0. The standard InChI is InChI=1S/C10H14N2O5S/c13-10(14)5-9-11-8(12-17-9)4-7-2-1-3-18(15,16)6-7/h7H,1-6H2,(H,13,14). The van der Waals surface area contributed by atoms with Crippen molar-refractivity contribution in [3.05, 3.63) is 11.7 Å². The maximum absolute atomic E-state index is 11.5. The number of hydrogen-bond donors (Lipinski definition) is 1. The van der Waals surface area contributed by atoms with Crippen LogP contribution in [0.25, 0.3) is 0 Å². The van der Waals surface area contributed by atoms with Gasteiger partial charge in [0.05, 0.1) is 11.5 Å². The van der Waals surface area contributed by atoms with Crippen LogP contribution in [0.3, 0.4) is 0 Å². The van der Waals surface area contributed by atoms with Crippen molar-refractivity contribution in [2.24, 2.45) is 5.92 Å². The van der Waals surface area contributed by atoms with E-state index in [0.29, 0.717) is 18.7 Å². The molecule has 0 saturated carbocycles. The highest BCUT2D eigenvalue weighted by molar-refractivity contribution is 7.91. The van der Waals surface area contributed by atoms with Gasteiger partial charge in [0.15, 0.2) is 15.7 Å². The van der Waals surface area contributed by atoms with Gasteiger partial charge in [-0.1, -0.05) is 5.16 Å². The maximum Gasteiger partial charge on any atom is 0.312 e. The lowest BCUT2D eigenvalue weighted by molar-refractivity contribution is -0.136. The third kappa shape index (κ3) is 3.52. The SMILES string of the molecule is O=C(O)Cc1nc(CC2CCCS(=O)(=O)C2)no1. The van der Waals surface area contributed by atoms with E-state index in [1.54, 1.807) is 0 Å². The summed E-state index contributed by atoms with van der Waals surface area (Å²) in [5.74, 6) is -0.204. The summed E-state index contributed by atoms with van der Waals surface area (Å²) in [5.41, 5.74) is 0. The quantitative estimate of drug-likeness (QED) is 0.826. The number of carboxylic acid groups (broad SMARTS) is 1. The molecule has 1 saturated heterocycles. The number of aromatic nitrogens is 2. The smallest absolute Gasteiger partial charge is 0.312 e. The van der Waals surface area contributed by atoms with Crippen LogP contribution in [0.2, 0.25) is 0 Å². The Morgan fingerprint density at radius 1 is 1.50 bits per heavy atom. The first-order chi connectivity index (χ1) is 8.44. The number of aliphatic carboxylic acids is 1. The number of nitrogens with zero attached hydrogens (tertiary/aromatic N) is 2. The van der Waals surface area contributed by atoms with Gasteiger partial charge in [-0.2, -0.15) is 4.98 Å². The largest absolute Gasteiger partial charge is 0.481 e. The van der Waals surface area contributed by atoms with Gasteiger partial charge in [0.25, 0.3) is 0 Å². The average molecular weight is 274 g/mol. The fourth-order valence-corrected chi connectivity index (χ4v) is 3.89. The molecule has 0 spiro atoms. The molecule has 0 bridgehead atoms. The van der Waals surface area contributed by atoms with Gasteiger partial charge in [0.1, 0.15) is 6.42 Å². The van der Waals surface area contributed by atoms with E-state index >= 15 is 0 Å². The molecule has 100 valence electrons. The lowest BCUT2D eigenvalue weighted by Crippen LogP contribution is -2.26. The molecule has 18 heavy (non-hydrogen) atoms. The molecule has 1 unspecified atom stereocenters. The third-order valence-corrected chi connectivity index (χ3v) is 4.73. The second kappa shape index (κ2) is 5.05. The van der Waals surface area contributed by atoms with E-state index < -0.39 is 15.8 Å². The molecule has 1 atom stereocenters. The van der Waals surface area contributed by atoms with Gasteiger partial charge < -0.3 is 9.63 Å². The lowest BCUT2D eigenvalue weighted by atomic mass is 10.0. The van der Waals surface area contributed by atoms with Crippen molar-refractivity contribution in [2.45, 2.75) is 25.7 Å². The zero-order valence-corrected chi connectivity index (χ0v) is 10.5. The Bertz CT molecular complexity index is 536. The number of sulfone groups is 1. The van der Waals surface area contributed by atoms with Gasteiger partial charge in [-0.05, 0) is 18.8 Å². The molecule has 1 N–H and O–H groups in total. The molecule has 1 aliphatic rings. The highest BCUT2D eigenvalue weighted by Crippen LogP contribution is 2.21. The van der Waals surface area contributed by atoms with Crippen LogP contribution in [0.4, 0.5) is 0 Å². The van der Waals surface area contributed by atoms with Gasteiger partial charge in [0.2, 0.25) is 5.89 Å². The number of hydrogen-bond acceptors (Lipinski definition) is 6. The fraction of sp³-hybridized carbons (Fsp3) is 0.700. The van der Waals surface area contributed by atoms with Crippen LogP contribution in [0, 0.1) is 5.92 Å². The Kier molecular flexibility index (Phi) is 3.65. The summed E-state index contributed by atoms with van der Waals surface area (Å²) < 4.78 is 27.7. The number of carbonyl (C=O) groups is 1. The summed E-state index contributed by atoms with van der Waals surface area (Å²) in [4.78, 5) is 14.4. The highest BCUT2D eigenvalue weighted by atomic mass is 32.2. The second-order valence-electron chi connectivity index (χ2n) is 4.50. The normalized spacial score (nSPS) is 22.8. The van der Waals surface area contributed by atoms with Gasteiger partial charge in [0, 0.05) is 6.42 Å². The van der Waals surface area contributed by atoms with Crippen molar-refractivity contribution in [1.29, 1.82) is 0 Å². The molecule has 1 aliphatic heterocycles. The summed E-state index contributed by atoms with van der Waals surface area (Å²) in [5, 5.41) is 12.2. The molecule has 2 rings (SSSR count). The fourth-order valence-electron chi connectivity index (χ4n) is 2.11. The van der Waals surface area contributed by atoms with Crippen LogP contribution in [0.15, 0.2) is 4.52 Å². The molecule has 0 amide bonds. The minimum Gasteiger partial charge on any atom is -0.481 e. The minimum atomic E-state index is -2.94. The topological polar surface area (TPSA) is 110 Å². The van der Waals surface area contributed by atoms with E-state index in [1.807, 2.05) is 0 Å². The van der Waals surface area contributed by atoms with E-state index in [2.05, 4.69) is 10.1 Å². The molecule has 7 nitrogen and oxygen atoms in total. The van der Waals surface area contributed by atoms with Crippen LogP contribution in [0.5, 0.6) is 0 Å². The van der Waals surface area contributed by atoms with E-state index in [-0.39, 0.29) is 29.7 Å². The molecule has 1 aromatic heterocycles. The van der Waals surface area contributed by atoms with Crippen molar-refractivity contribution in [1.82, 2.24) is 10.1 Å². The Morgan fingerprint density at radius 3 is 2.94 bits per heavy atom. The molecule has 0 radical (unpaired) electrons. The van der Waals surface area contributed by atoms with E-state index in [9.17, 15) is 13.2 Å². The molecule has 8 heteroatoms. The first-order valence-electron chi connectivity index (χ1n) is 5.68. The van der Waals surface area contributed by atoms with E-state index in [0.717, 1.165) is 6.42 Å². The van der Waals surface area contributed by atoms with Crippen LogP contribution in [-0.4, -0.2) is 41.1 Å². The van der Waals surface area contributed by atoms with Crippen LogP contribution in [0.1, 0.15) is 24.6 Å². The third-order valence-electron chi connectivity index (χ3n) is 2.84. The Morgan fingerprint density at radius 2 is 2.28 bits per heavy atom. The summed E-state index contributed by atoms with van der Waals surface area (Å²) in [7, 11) is -2.94. The Balaban J connectivity index is 1.97. The van der Waals surface area contributed by atoms with Crippen molar-refractivity contribution >= 4 is 15.8 Å². The van der Waals surface area contributed by atoms with E-state index in [4.69, 9.17) is 9.63 Å². The van der Waals surface area contributed by atoms with Crippen LogP contribution >= 0.6 is 0 Å². The predicted molar refractivity (Wildman–Crippen MR) is 60.7 cm³/mol. The molecule has 1 fully saturated rings. The maximum atomic E-state index is 11.5. The Labute approximate surface area is 104 Å². The van der Waals surface area contributed by atoms with Crippen LogP contribution in [-0.2, 0) is 27.5 Å². The lowest BCUT2D eigenvalue weighted by Gasteiger charge is -2.20. The number of rotatable bonds is 4. The first kappa shape index (κ1) is 13.0. The zero-order valence-electron chi connectivity index (χ0n) is 9.70. The van der Waals surface area contributed by atoms with Crippen molar-refractivity contribution in [3.63, 3.8) is 0 Å². The molecular formula is C10H14N2O5S. The Hall–Kier alpha value is -1.44. The monoisotopic (exact) mass is 274 g/mol. The molecule has 0 aromatic carbocycles.